The standard InChI is InChI=1S/C13H16N2O3S/c1-15(12-6-9-19(17,18)10-12)13(16)3-2-11-4-7-14-8-5-11/h2-5,7-8,12H,6,9-10H2,1H3/b3-2+. The van der Waals surface area contributed by atoms with Crippen molar-refractivity contribution in [3.05, 3.63) is 36.2 Å². The van der Waals surface area contributed by atoms with Gasteiger partial charge in [-0.05, 0) is 30.2 Å². The highest BCUT2D eigenvalue weighted by Gasteiger charge is 2.31. The van der Waals surface area contributed by atoms with E-state index in [1.165, 1.54) is 11.0 Å². The molecule has 0 aliphatic carbocycles. The molecule has 1 atom stereocenters. The maximum absolute atomic E-state index is 11.9. The van der Waals surface area contributed by atoms with E-state index in [9.17, 15) is 13.2 Å². The number of likely N-dealkylation sites (N-methyl/N-ethyl adjacent to an activating group) is 1. The molecule has 0 saturated carbocycles. The normalized spacial score (nSPS) is 21.6. The summed E-state index contributed by atoms with van der Waals surface area (Å²) >= 11 is 0. The fourth-order valence-electron chi connectivity index (χ4n) is 2.02. The summed E-state index contributed by atoms with van der Waals surface area (Å²) in [6, 6.07) is 3.38. The second-order valence-electron chi connectivity index (χ2n) is 4.62. The van der Waals surface area contributed by atoms with Crippen molar-refractivity contribution in [3.8, 4) is 0 Å². The van der Waals surface area contributed by atoms with Crippen molar-refractivity contribution in [2.24, 2.45) is 0 Å². The van der Waals surface area contributed by atoms with Crippen molar-refractivity contribution in [1.82, 2.24) is 9.88 Å². The Balaban J connectivity index is 1.99. The van der Waals surface area contributed by atoms with Gasteiger partial charge in [-0.1, -0.05) is 0 Å². The van der Waals surface area contributed by atoms with E-state index in [0.717, 1.165) is 5.56 Å². The van der Waals surface area contributed by atoms with Crippen molar-refractivity contribution in [2.45, 2.75) is 12.5 Å². The Hall–Kier alpha value is -1.69. The molecule has 102 valence electrons. The van der Waals surface area contributed by atoms with Gasteiger partial charge in [-0.3, -0.25) is 9.78 Å². The summed E-state index contributed by atoms with van der Waals surface area (Å²) in [5, 5.41) is 0. The maximum Gasteiger partial charge on any atom is 0.246 e. The maximum atomic E-state index is 11.9. The number of nitrogens with zero attached hydrogens (tertiary/aromatic N) is 2. The third-order valence-electron chi connectivity index (χ3n) is 3.23. The first kappa shape index (κ1) is 13.7. The molecule has 5 nitrogen and oxygen atoms in total. The smallest absolute Gasteiger partial charge is 0.246 e. The monoisotopic (exact) mass is 280 g/mol. The molecule has 1 aromatic rings. The van der Waals surface area contributed by atoms with Crippen LogP contribution in [0.1, 0.15) is 12.0 Å². The fourth-order valence-corrected chi connectivity index (χ4v) is 3.79. The summed E-state index contributed by atoms with van der Waals surface area (Å²) in [5.41, 5.74) is 0.885. The molecular weight excluding hydrogens is 264 g/mol. The highest BCUT2D eigenvalue weighted by Crippen LogP contribution is 2.16. The first-order valence-electron chi connectivity index (χ1n) is 6.03. The molecular formula is C13H16N2O3S. The molecule has 0 radical (unpaired) electrons. The summed E-state index contributed by atoms with van der Waals surface area (Å²) in [6.45, 7) is 0. The Morgan fingerprint density at radius 2 is 2.11 bits per heavy atom. The lowest BCUT2D eigenvalue weighted by molar-refractivity contribution is -0.126. The van der Waals surface area contributed by atoms with Gasteiger partial charge in [0.15, 0.2) is 9.84 Å². The number of carbonyl (C=O) groups is 1. The van der Waals surface area contributed by atoms with Crippen LogP contribution in [0.2, 0.25) is 0 Å². The van der Waals surface area contributed by atoms with E-state index in [1.807, 2.05) is 0 Å². The van der Waals surface area contributed by atoms with Crippen molar-refractivity contribution < 1.29 is 13.2 Å². The number of pyridine rings is 1. The minimum atomic E-state index is -2.97. The zero-order chi connectivity index (χ0) is 13.9. The highest BCUT2D eigenvalue weighted by molar-refractivity contribution is 7.91. The summed E-state index contributed by atoms with van der Waals surface area (Å²) in [7, 11) is -1.32. The molecule has 19 heavy (non-hydrogen) atoms. The third kappa shape index (κ3) is 3.64. The van der Waals surface area contributed by atoms with Gasteiger partial charge >= 0.3 is 0 Å². The molecule has 2 rings (SSSR count). The summed E-state index contributed by atoms with van der Waals surface area (Å²) in [5.74, 6) is 0.0562. The molecule has 6 heteroatoms. The fraction of sp³-hybridized carbons (Fsp3) is 0.385. The van der Waals surface area contributed by atoms with Crippen LogP contribution in [0, 0.1) is 0 Å². The summed E-state index contributed by atoms with van der Waals surface area (Å²) < 4.78 is 22.8. The van der Waals surface area contributed by atoms with Gasteiger partial charge in [-0.25, -0.2) is 8.42 Å². The van der Waals surface area contributed by atoms with Gasteiger partial charge in [0.05, 0.1) is 11.5 Å². The average Bonchev–Trinajstić information content (AvgIpc) is 2.76. The predicted molar refractivity (Wildman–Crippen MR) is 73.1 cm³/mol. The van der Waals surface area contributed by atoms with Crippen LogP contribution in [-0.4, -0.2) is 48.8 Å². The van der Waals surface area contributed by atoms with Gasteiger partial charge < -0.3 is 4.90 Å². The van der Waals surface area contributed by atoms with Crippen molar-refractivity contribution in [3.63, 3.8) is 0 Å². The molecule has 1 aliphatic heterocycles. The van der Waals surface area contributed by atoms with Crippen molar-refractivity contribution in [1.29, 1.82) is 0 Å². The quantitative estimate of drug-likeness (QED) is 0.766. The average molecular weight is 280 g/mol. The Kier molecular flexibility index (Phi) is 3.99. The Morgan fingerprint density at radius 3 is 2.68 bits per heavy atom. The Bertz CT molecular complexity index is 581. The van der Waals surface area contributed by atoms with Gasteiger partial charge in [0.1, 0.15) is 0 Å². The van der Waals surface area contributed by atoms with Crippen LogP contribution in [-0.2, 0) is 14.6 Å². The van der Waals surface area contributed by atoms with Gasteiger partial charge in [-0.15, -0.1) is 0 Å². The number of aromatic nitrogens is 1. The molecule has 0 aromatic carbocycles. The van der Waals surface area contributed by atoms with Gasteiger partial charge in [0.25, 0.3) is 0 Å². The molecule has 1 unspecified atom stereocenters. The van der Waals surface area contributed by atoms with Gasteiger partial charge in [0, 0.05) is 31.6 Å². The van der Waals surface area contributed by atoms with E-state index in [1.54, 1.807) is 37.7 Å². The van der Waals surface area contributed by atoms with Crippen molar-refractivity contribution >= 4 is 21.8 Å². The molecule has 0 N–H and O–H groups in total. The van der Waals surface area contributed by atoms with Crippen LogP contribution in [0.25, 0.3) is 6.08 Å². The molecule has 1 amide bonds. The molecule has 2 heterocycles. The molecule has 1 saturated heterocycles. The third-order valence-corrected chi connectivity index (χ3v) is 4.98. The zero-order valence-corrected chi connectivity index (χ0v) is 11.5. The van der Waals surface area contributed by atoms with E-state index < -0.39 is 9.84 Å². The largest absolute Gasteiger partial charge is 0.338 e. The van der Waals surface area contributed by atoms with Crippen LogP contribution in [0.15, 0.2) is 30.6 Å². The van der Waals surface area contributed by atoms with Gasteiger partial charge in [0.2, 0.25) is 5.91 Å². The Labute approximate surface area is 112 Å². The number of carbonyl (C=O) groups excluding carboxylic acids is 1. The highest BCUT2D eigenvalue weighted by atomic mass is 32.2. The lowest BCUT2D eigenvalue weighted by Gasteiger charge is -2.21. The minimum Gasteiger partial charge on any atom is -0.338 e. The van der Waals surface area contributed by atoms with E-state index in [0.29, 0.717) is 6.42 Å². The number of amides is 1. The zero-order valence-electron chi connectivity index (χ0n) is 10.7. The molecule has 1 aliphatic rings. The second-order valence-corrected chi connectivity index (χ2v) is 6.85. The first-order chi connectivity index (χ1) is 8.98. The first-order valence-corrected chi connectivity index (χ1v) is 7.85. The van der Waals surface area contributed by atoms with Gasteiger partial charge in [-0.2, -0.15) is 0 Å². The van der Waals surface area contributed by atoms with E-state index in [-0.39, 0.29) is 23.5 Å². The van der Waals surface area contributed by atoms with Crippen LogP contribution >= 0.6 is 0 Å². The lowest BCUT2D eigenvalue weighted by atomic mass is 10.2. The SMILES string of the molecule is CN(C(=O)/C=C/c1ccncc1)C1CCS(=O)(=O)C1. The number of rotatable bonds is 3. The van der Waals surface area contributed by atoms with Crippen LogP contribution in [0.5, 0.6) is 0 Å². The molecule has 0 bridgehead atoms. The van der Waals surface area contributed by atoms with E-state index in [2.05, 4.69) is 4.98 Å². The van der Waals surface area contributed by atoms with E-state index in [4.69, 9.17) is 0 Å². The Morgan fingerprint density at radius 1 is 1.42 bits per heavy atom. The second kappa shape index (κ2) is 5.52. The van der Waals surface area contributed by atoms with E-state index >= 15 is 0 Å². The van der Waals surface area contributed by atoms with Crippen LogP contribution in [0.3, 0.4) is 0 Å². The van der Waals surface area contributed by atoms with Crippen LogP contribution < -0.4 is 0 Å². The number of hydrogen-bond donors (Lipinski definition) is 0. The molecule has 1 aromatic heterocycles. The minimum absolute atomic E-state index is 0.0678. The van der Waals surface area contributed by atoms with Crippen LogP contribution in [0.4, 0.5) is 0 Å². The summed E-state index contributed by atoms with van der Waals surface area (Å²) in [4.78, 5) is 17.3. The van der Waals surface area contributed by atoms with Crippen molar-refractivity contribution in [2.75, 3.05) is 18.6 Å². The predicted octanol–water partition coefficient (Wildman–Crippen LogP) is 0.740. The molecule has 1 fully saturated rings. The number of sulfone groups is 1. The number of hydrogen-bond acceptors (Lipinski definition) is 4. The topological polar surface area (TPSA) is 67.3 Å². The summed E-state index contributed by atoms with van der Waals surface area (Å²) in [6.07, 6.45) is 6.98. The molecule has 0 spiro atoms. The lowest BCUT2D eigenvalue weighted by Crippen LogP contribution is -2.36.